The van der Waals surface area contributed by atoms with Crippen molar-refractivity contribution < 1.29 is 9.13 Å². The van der Waals surface area contributed by atoms with Gasteiger partial charge in [-0.2, -0.15) is 0 Å². The molecule has 0 saturated carbocycles. The van der Waals surface area contributed by atoms with Gasteiger partial charge in [0.05, 0.1) is 7.11 Å². The number of benzene rings is 2. The van der Waals surface area contributed by atoms with Crippen LogP contribution in [0, 0.1) is 19.7 Å². The first-order valence-corrected chi connectivity index (χ1v) is 6.66. The minimum atomic E-state index is -0.295. The van der Waals surface area contributed by atoms with Crippen molar-refractivity contribution >= 4 is 0 Å². The van der Waals surface area contributed by atoms with Crippen molar-refractivity contribution in [2.75, 3.05) is 7.11 Å². The molecule has 3 heteroatoms. The summed E-state index contributed by atoms with van der Waals surface area (Å²) >= 11 is 0. The van der Waals surface area contributed by atoms with Gasteiger partial charge >= 0.3 is 0 Å². The quantitative estimate of drug-likeness (QED) is 0.922. The van der Waals surface area contributed by atoms with Crippen LogP contribution in [0.25, 0.3) is 0 Å². The standard InChI is InChI=1S/C17H20FNO/c1-11-6-12(2)8-13(7-11)9-16(19)15-10-14(18)4-5-17(15)20-3/h4-8,10,16H,9,19H2,1-3H3. The molecule has 0 aliphatic heterocycles. The first kappa shape index (κ1) is 14.5. The van der Waals surface area contributed by atoms with E-state index in [1.54, 1.807) is 13.2 Å². The highest BCUT2D eigenvalue weighted by Crippen LogP contribution is 2.27. The average Bonchev–Trinajstić information content (AvgIpc) is 2.37. The lowest BCUT2D eigenvalue weighted by Gasteiger charge is -2.16. The summed E-state index contributed by atoms with van der Waals surface area (Å²) < 4.78 is 18.7. The van der Waals surface area contributed by atoms with Crippen LogP contribution >= 0.6 is 0 Å². The zero-order valence-corrected chi connectivity index (χ0v) is 12.1. The van der Waals surface area contributed by atoms with Gasteiger partial charge in [-0.1, -0.05) is 29.3 Å². The van der Waals surface area contributed by atoms with Gasteiger partial charge in [0.2, 0.25) is 0 Å². The van der Waals surface area contributed by atoms with Crippen molar-refractivity contribution in [1.82, 2.24) is 0 Å². The summed E-state index contributed by atoms with van der Waals surface area (Å²) in [5, 5.41) is 0. The van der Waals surface area contributed by atoms with E-state index < -0.39 is 0 Å². The molecule has 2 aromatic rings. The van der Waals surface area contributed by atoms with Crippen LogP contribution in [-0.2, 0) is 6.42 Å². The van der Waals surface area contributed by atoms with Gasteiger partial charge < -0.3 is 10.5 Å². The molecule has 0 aromatic heterocycles. The van der Waals surface area contributed by atoms with Gasteiger partial charge in [0.25, 0.3) is 0 Å². The molecule has 0 saturated heterocycles. The second-order valence-electron chi connectivity index (χ2n) is 5.19. The predicted molar refractivity (Wildman–Crippen MR) is 79.5 cm³/mol. The highest BCUT2D eigenvalue weighted by Gasteiger charge is 2.14. The van der Waals surface area contributed by atoms with Crippen LogP contribution in [0.5, 0.6) is 5.75 Å². The number of aryl methyl sites for hydroxylation is 2. The molecule has 0 bridgehead atoms. The third-order valence-corrected chi connectivity index (χ3v) is 3.33. The molecule has 1 unspecified atom stereocenters. The van der Waals surface area contributed by atoms with E-state index in [0.29, 0.717) is 17.7 Å². The molecule has 2 aromatic carbocycles. The number of hydrogen-bond donors (Lipinski definition) is 1. The zero-order chi connectivity index (χ0) is 14.7. The molecule has 0 radical (unpaired) electrons. The SMILES string of the molecule is COc1ccc(F)cc1C(N)Cc1cc(C)cc(C)c1. The van der Waals surface area contributed by atoms with E-state index >= 15 is 0 Å². The van der Waals surface area contributed by atoms with E-state index in [1.807, 2.05) is 0 Å². The van der Waals surface area contributed by atoms with Crippen molar-refractivity contribution in [3.8, 4) is 5.75 Å². The molecular formula is C17H20FNO. The predicted octanol–water partition coefficient (Wildman–Crippen LogP) is 3.69. The lowest BCUT2D eigenvalue weighted by Crippen LogP contribution is -2.15. The smallest absolute Gasteiger partial charge is 0.123 e. The van der Waals surface area contributed by atoms with Crippen molar-refractivity contribution in [1.29, 1.82) is 0 Å². The van der Waals surface area contributed by atoms with Crippen LogP contribution in [-0.4, -0.2) is 7.11 Å². The first-order chi connectivity index (χ1) is 9.49. The minimum absolute atomic E-state index is 0.290. The largest absolute Gasteiger partial charge is 0.496 e. The fourth-order valence-electron chi connectivity index (χ4n) is 2.55. The van der Waals surface area contributed by atoms with Gasteiger partial charge in [0.15, 0.2) is 0 Å². The Morgan fingerprint density at radius 3 is 2.35 bits per heavy atom. The molecule has 0 amide bonds. The van der Waals surface area contributed by atoms with E-state index in [2.05, 4.69) is 32.0 Å². The van der Waals surface area contributed by atoms with Crippen molar-refractivity contribution in [2.45, 2.75) is 26.3 Å². The summed E-state index contributed by atoms with van der Waals surface area (Å²) in [6.45, 7) is 4.12. The summed E-state index contributed by atoms with van der Waals surface area (Å²) in [4.78, 5) is 0. The maximum Gasteiger partial charge on any atom is 0.123 e. The van der Waals surface area contributed by atoms with Crippen LogP contribution in [0.15, 0.2) is 36.4 Å². The highest BCUT2D eigenvalue weighted by atomic mass is 19.1. The summed E-state index contributed by atoms with van der Waals surface area (Å²) in [6, 6.07) is 10.5. The average molecular weight is 273 g/mol. The molecule has 0 aliphatic carbocycles. The van der Waals surface area contributed by atoms with E-state index in [1.165, 1.54) is 23.3 Å². The van der Waals surface area contributed by atoms with E-state index in [4.69, 9.17) is 10.5 Å². The number of methoxy groups -OCH3 is 1. The second-order valence-corrected chi connectivity index (χ2v) is 5.19. The molecule has 0 fully saturated rings. The van der Waals surface area contributed by atoms with Gasteiger partial charge in [-0.15, -0.1) is 0 Å². The maximum atomic E-state index is 13.4. The lowest BCUT2D eigenvalue weighted by atomic mass is 9.96. The van der Waals surface area contributed by atoms with Gasteiger partial charge in [0, 0.05) is 11.6 Å². The molecule has 106 valence electrons. The fraction of sp³-hybridized carbons (Fsp3) is 0.294. The Kier molecular flexibility index (Phi) is 4.40. The second kappa shape index (κ2) is 6.06. The van der Waals surface area contributed by atoms with E-state index in [-0.39, 0.29) is 11.9 Å². The molecule has 0 spiro atoms. The minimum Gasteiger partial charge on any atom is -0.496 e. The third-order valence-electron chi connectivity index (χ3n) is 3.33. The summed E-state index contributed by atoms with van der Waals surface area (Å²) in [5.74, 6) is 0.333. The molecule has 2 nitrogen and oxygen atoms in total. The number of ether oxygens (including phenoxy) is 1. The Bertz CT molecular complexity index is 590. The molecule has 2 rings (SSSR count). The molecule has 1 atom stereocenters. The number of rotatable bonds is 4. The van der Waals surface area contributed by atoms with Crippen molar-refractivity contribution in [3.05, 3.63) is 64.5 Å². The maximum absolute atomic E-state index is 13.4. The summed E-state index contributed by atoms with van der Waals surface area (Å²) in [7, 11) is 1.57. The Morgan fingerprint density at radius 2 is 1.75 bits per heavy atom. The first-order valence-electron chi connectivity index (χ1n) is 6.66. The normalized spacial score (nSPS) is 12.2. The van der Waals surface area contributed by atoms with Crippen LogP contribution in [0.1, 0.15) is 28.3 Å². The molecule has 0 aliphatic rings. The van der Waals surface area contributed by atoms with E-state index in [9.17, 15) is 4.39 Å². The van der Waals surface area contributed by atoms with Crippen molar-refractivity contribution in [2.24, 2.45) is 5.73 Å². The Balaban J connectivity index is 2.27. The van der Waals surface area contributed by atoms with Gasteiger partial charge in [-0.05, 0) is 44.0 Å². The summed E-state index contributed by atoms with van der Waals surface area (Å²) in [6.07, 6.45) is 0.655. The topological polar surface area (TPSA) is 35.2 Å². The van der Waals surface area contributed by atoms with Gasteiger partial charge in [0.1, 0.15) is 11.6 Å². The van der Waals surface area contributed by atoms with Crippen LogP contribution in [0.2, 0.25) is 0 Å². The van der Waals surface area contributed by atoms with Gasteiger partial charge in [-0.25, -0.2) is 4.39 Å². The summed E-state index contributed by atoms with van der Waals surface area (Å²) in [5.41, 5.74) is 10.5. The third kappa shape index (κ3) is 3.36. The van der Waals surface area contributed by atoms with Crippen LogP contribution < -0.4 is 10.5 Å². The highest BCUT2D eigenvalue weighted by molar-refractivity contribution is 5.38. The number of hydrogen-bond acceptors (Lipinski definition) is 2. The molecule has 20 heavy (non-hydrogen) atoms. The van der Waals surface area contributed by atoms with Crippen molar-refractivity contribution in [3.63, 3.8) is 0 Å². The number of nitrogens with two attached hydrogens (primary N) is 1. The van der Waals surface area contributed by atoms with Crippen LogP contribution in [0.4, 0.5) is 4.39 Å². The Hall–Kier alpha value is -1.87. The molecule has 0 heterocycles. The van der Waals surface area contributed by atoms with Gasteiger partial charge in [-0.3, -0.25) is 0 Å². The lowest BCUT2D eigenvalue weighted by molar-refractivity contribution is 0.404. The zero-order valence-electron chi connectivity index (χ0n) is 12.1. The van der Waals surface area contributed by atoms with E-state index in [0.717, 1.165) is 5.56 Å². The Morgan fingerprint density at radius 1 is 1.10 bits per heavy atom. The molecule has 2 N–H and O–H groups in total. The Labute approximate surface area is 119 Å². The fourth-order valence-corrected chi connectivity index (χ4v) is 2.55. The van der Waals surface area contributed by atoms with Crippen LogP contribution in [0.3, 0.4) is 0 Å². The monoisotopic (exact) mass is 273 g/mol. The number of halogens is 1. The molecular weight excluding hydrogens is 253 g/mol.